The molecule has 0 aliphatic heterocycles. The molecule has 2 aromatic heterocycles. The van der Waals surface area contributed by atoms with Crippen LogP contribution >= 0.6 is 22.9 Å². The van der Waals surface area contributed by atoms with Gasteiger partial charge in [-0.05, 0) is 24.1 Å². The zero-order chi connectivity index (χ0) is 10.3. The fourth-order valence-electron chi connectivity index (χ4n) is 1.75. The highest BCUT2D eigenvalue weighted by molar-refractivity contribution is 7.23. The Hall–Kier alpha value is -1.06. The smallest absolute Gasteiger partial charge is 0.194 e. The van der Waals surface area contributed by atoms with Crippen LogP contribution in [0, 0.1) is 0 Å². The highest BCUT2D eigenvalue weighted by Crippen LogP contribution is 2.26. The van der Waals surface area contributed by atoms with Gasteiger partial charge in [0.15, 0.2) is 4.96 Å². The number of nitrogens with zero attached hydrogens (tertiary/aromatic N) is 2. The van der Waals surface area contributed by atoms with E-state index in [-0.39, 0.29) is 0 Å². The van der Waals surface area contributed by atoms with Crippen LogP contribution in [0.2, 0.25) is 0 Å². The van der Waals surface area contributed by atoms with Gasteiger partial charge in [-0.1, -0.05) is 17.4 Å². The fourth-order valence-corrected chi connectivity index (χ4v) is 3.02. The summed E-state index contributed by atoms with van der Waals surface area (Å²) in [4.78, 5) is 5.34. The molecule has 0 fully saturated rings. The van der Waals surface area contributed by atoms with E-state index >= 15 is 0 Å². The van der Waals surface area contributed by atoms with Gasteiger partial charge in [-0.15, -0.1) is 11.6 Å². The van der Waals surface area contributed by atoms with Gasteiger partial charge in [0, 0.05) is 18.3 Å². The number of aryl methyl sites for hydroxylation is 1. The molecule has 2 nitrogen and oxygen atoms in total. The molecule has 0 saturated heterocycles. The Balaban J connectivity index is 2.26. The first-order valence-electron chi connectivity index (χ1n) is 4.79. The van der Waals surface area contributed by atoms with E-state index in [9.17, 15) is 0 Å². The van der Waals surface area contributed by atoms with E-state index in [2.05, 4.69) is 27.6 Å². The average molecular weight is 237 g/mol. The summed E-state index contributed by atoms with van der Waals surface area (Å²) in [6.45, 7) is 0. The molecule has 0 bridgehead atoms. The molecule has 76 valence electrons. The normalized spacial score (nSPS) is 11.5. The molecule has 0 unspecified atom stereocenters. The zero-order valence-electron chi connectivity index (χ0n) is 7.98. The van der Waals surface area contributed by atoms with E-state index in [4.69, 9.17) is 11.6 Å². The summed E-state index contributed by atoms with van der Waals surface area (Å²) in [7, 11) is 0. The summed E-state index contributed by atoms with van der Waals surface area (Å²) in [5, 5.41) is 0. The molecule has 2 heterocycles. The highest BCUT2D eigenvalue weighted by Gasteiger charge is 2.05. The van der Waals surface area contributed by atoms with E-state index in [1.807, 2.05) is 12.4 Å². The van der Waals surface area contributed by atoms with Crippen molar-refractivity contribution >= 4 is 38.1 Å². The van der Waals surface area contributed by atoms with Gasteiger partial charge in [0.05, 0.1) is 10.2 Å². The molecule has 0 atom stereocenters. The summed E-state index contributed by atoms with van der Waals surface area (Å²) in [5.41, 5.74) is 2.52. The number of fused-ring (bicyclic) bond motifs is 3. The minimum atomic E-state index is 0.675. The van der Waals surface area contributed by atoms with Crippen molar-refractivity contribution in [3.05, 3.63) is 36.2 Å². The first-order chi connectivity index (χ1) is 7.38. The van der Waals surface area contributed by atoms with Crippen molar-refractivity contribution < 1.29 is 0 Å². The van der Waals surface area contributed by atoms with Gasteiger partial charge in [-0.25, -0.2) is 4.98 Å². The minimum absolute atomic E-state index is 0.675. The molecule has 0 spiro atoms. The average Bonchev–Trinajstić information content (AvgIpc) is 2.77. The van der Waals surface area contributed by atoms with Crippen LogP contribution in [0.4, 0.5) is 0 Å². The molecule has 0 radical (unpaired) electrons. The maximum atomic E-state index is 5.73. The van der Waals surface area contributed by atoms with Gasteiger partial charge in [-0.2, -0.15) is 0 Å². The number of alkyl halides is 1. The summed E-state index contributed by atoms with van der Waals surface area (Å²) >= 11 is 7.45. The molecule has 4 heteroatoms. The van der Waals surface area contributed by atoms with Crippen LogP contribution in [0.15, 0.2) is 30.6 Å². The van der Waals surface area contributed by atoms with Crippen LogP contribution < -0.4 is 0 Å². The van der Waals surface area contributed by atoms with Gasteiger partial charge < -0.3 is 0 Å². The highest BCUT2D eigenvalue weighted by atomic mass is 35.5. The van der Waals surface area contributed by atoms with E-state index in [1.54, 1.807) is 11.3 Å². The van der Waals surface area contributed by atoms with Gasteiger partial charge in [0.1, 0.15) is 0 Å². The molecule has 15 heavy (non-hydrogen) atoms. The lowest BCUT2D eigenvalue weighted by atomic mass is 10.2. The third kappa shape index (κ3) is 1.43. The summed E-state index contributed by atoms with van der Waals surface area (Å²) in [5.74, 6) is 0.675. The Labute approximate surface area is 96.1 Å². The Morgan fingerprint density at radius 3 is 3.20 bits per heavy atom. The third-order valence-electron chi connectivity index (χ3n) is 2.47. The monoisotopic (exact) mass is 236 g/mol. The predicted molar refractivity (Wildman–Crippen MR) is 65.0 cm³/mol. The first kappa shape index (κ1) is 9.19. The minimum Gasteiger partial charge on any atom is -0.290 e. The standard InChI is InChI=1S/C11H9ClN2S/c12-4-3-8-1-2-9-10(7-8)15-11-13-5-6-14(9)11/h1-2,5-7H,3-4H2. The second-order valence-electron chi connectivity index (χ2n) is 3.42. The van der Waals surface area contributed by atoms with Gasteiger partial charge >= 0.3 is 0 Å². The van der Waals surface area contributed by atoms with Crippen molar-refractivity contribution in [2.45, 2.75) is 6.42 Å². The molecule has 3 rings (SSSR count). The second kappa shape index (κ2) is 3.51. The summed E-state index contributed by atoms with van der Waals surface area (Å²) in [6, 6.07) is 6.48. The van der Waals surface area contributed by atoms with Crippen molar-refractivity contribution in [3.63, 3.8) is 0 Å². The Kier molecular flexibility index (Phi) is 2.15. The molecule has 0 N–H and O–H groups in total. The van der Waals surface area contributed by atoms with Crippen molar-refractivity contribution in [1.29, 1.82) is 0 Å². The van der Waals surface area contributed by atoms with Crippen LogP contribution in [0.25, 0.3) is 15.2 Å². The van der Waals surface area contributed by atoms with E-state index < -0.39 is 0 Å². The first-order valence-corrected chi connectivity index (χ1v) is 6.14. The van der Waals surface area contributed by atoms with Crippen LogP contribution in [0.1, 0.15) is 5.56 Å². The number of hydrogen-bond donors (Lipinski definition) is 0. The van der Waals surface area contributed by atoms with Crippen molar-refractivity contribution in [1.82, 2.24) is 9.38 Å². The molecular formula is C11H9ClN2S. The van der Waals surface area contributed by atoms with E-state index in [0.717, 1.165) is 11.4 Å². The molecular weight excluding hydrogens is 228 g/mol. The Morgan fingerprint density at radius 2 is 2.33 bits per heavy atom. The van der Waals surface area contributed by atoms with E-state index in [1.165, 1.54) is 15.8 Å². The molecule has 3 aromatic rings. The maximum absolute atomic E-state index is 5.73. The maximum Gasteiger partial charge on any atom is 0.194 e. The van der Waals surface area contributed by atoms with Gasteiger partial charge in [-0.3, -0.25) is 4.40 Å². The second-order valence-corrected chi connectivity index (χ2v) is 4.81. The molecule has 0 saturated carbocycles. The van der Waals surface area contributed by atoms with E-state index in [0.29, 0.717) is 5.88 Å². The molecule has 0 amide bonds. The van der Waals surface area contributed by atoms with Crippen LogP contribution in [-0.2, 0) is 6.42 Å². The zero-order valence-corrected chi connectivity index (χ0v) is 9.55. The molecule has 1 aromatic carbocycles. The van der Waals surface area contributed by atoms with Gasteiger partial charge in [0.25, 0.3) is 0 Å². The summed E-state index contributed by atoms with van der Waals surface area (Å²) in [6.07, 6.45) is 4.76. The molecule has 0 aliphatic carbocycles. The fraction of sp³-hybridized carbons (Fsp3) is 0.182. The van der Waals surface area contributed by atoms with Crippen LogP contribution in [-0.4, -0.2) is 15.3 Å². The lowest BCUT2D eigenvalue weighted by Gasteiger charge is -1.97. The lowest BCUT2D eigenvalue weighted by molar-refractivity contribution is 1.15. The SMILES string of the molecule is ClCCc1ccc2c(c1)sc1nccn12. The quantitative estimate of drug-likeness (QED) is 0.624. The van der Waals surface area contributed by atoms with Crippen LogP contribution in [0.5, 0.6) is 0 Å². The van der Waals surface area contributed by atoms with Crippen molar-refractivity contribution in [3.8, 4) is 0 Å². The van der Waals surface area contributed by atoms with Crippen LogP contribution in [0.3, 0.4) is 0 Å². The van der Waals surface area contributed by atoms with Crippen molar-refractivity contribution in [2.24, 2.45) is 0 Å². The lowest BCUT2D eigenvalue weighted by Crippen LogP contribution is -1.85. The number of imidazole rings is 1. The number of aromatic nitrogens is 2. The molecule has 0 aliphatic rings. The number of rotatable bonds is 2. The number of benzene rings is 1. The van der Waals surface area contributed by atoms with Crippen molar-refractivity contribution in [2.75, 3.05) is 5.88 Å². The predicted octanol–water partition coefficient (Wildman–Crippen LogP) is 3.33. The van der Waals surface area contributed by atoms with Gasteiger partial charge in [0.2, 0.25) is 0 Å². The Morgan fingerprint density at radius 1 is 1.40 bits per heavy atom. The number of hydrogen-bond acceptors (Lipinski definition) is 2. The summed E-state index contributed by atoms with van der Waals surface area (Å²) < 4.78 is 3.39. The number of halogens is 1. The third-order valence-corrected chi connectivity index (χ3v) is 3.70. The number of thiazole rings is 1. The largest absolute Gasteiger partial charge is 0.290 e. The topological polar surface area (TPSA) is 17.3 Å². The Bertz CT molecular complexity index is 611.